The van der Waals surface area contributed by atoms with E-state index in [4.69, 9.17) is 0 Å². The average Bonchev–Trinajstić information content (AvgIpc) is 2.99. The third-order valence-corrected chi connectivity index (χ3v) is 3.62. The summed E-state index contributed by atoms with van der Waals surface area (Å²) in [5.74, 6) is 0. The summed E-state index contributed by atoms with van der Waals surface area (Å²) >= 11 is 0. The highest BCUT2D eigenvalue weighted by molar-refractivity contribution is 5.29. The van der Waals surface area contributed by atoms with Crippen molar-refractivity contribution in [3.8, 4) is 0 Å². The zero-order valence-corrected chi connectivity index (χ0v) is 11.1. The van der Waals surface area contributed by atoms with Gasteiger partial charge in [0.05, 0.1) is 17.4 Å². The predicted octanol–water partition coefficient (Wildman–Crippen LogP) is 2.51. The number of aromatic nitrogens is 4. The molecule has 0 atom stereocenters. The molecule has 0 aromatic carbocycles. The fraction of sp³-hybridized carbons (Fsp3) is 0.500. The van der Waals surface area contributed by atoms with E-state index in [9.17, 15) is 0 Å². The highest BCUT2D eigenvalue weighted by atomic mass is 15.5. The summed E-state index contributed by atoms with van der Waals surface area (Å²) < 4.78 is 2.02. The van der Waals surface area contributed by atoms with Crippen LogP contribution in [0.15, 0.2) is 30.7 Å². The second kappa shape index (κ2) is 3.64. The van der Waals surface area contributed by atoms with Crippen molar-refractivity contribution < 1.29 is 0 Å². The highest BCUT2D eigenvalue weighted by Crippen LogP contribution is 2.48. The molecule has 1 fully saturated rings. The molecule has 0 unspecified atom stereocenters. The maximum Gasteiger partial charge on any atom is 0.0910 e. The Balaban J connectivity index is 1.99. The van der Waals surface area contributed by atoms with E-state index in [0.29, 0.717) is 0 Å². The van der Waals surface area contributed by atoms with Gasteiger partial charge in [0, 0.05) is 17.8 Å². The SMILES string of the molecule is CC(C)(C)c1cn(C2(c3cccnc3)CC2)nn1. The molecule has 94 valence electrons. The molecule has 0 aliphatic heterocycles. The molecule has 0 saturated heterocycles. The van der Waals surface area contributed by atoms with Crippen LogP contribution in [0.5, 0.6) is 0 Å². The van der Waals surface area contributed by atoms with Crippen LogP contribution in [0, 0.1) is 0 Å². The zero-order valence-electron chi connectivity index (χ0n) is 11.1. The lowest BCUT2D eigenvalue weighted by molar-refractivity contribution is 0.489. The lowest BCUT2D eigenvalue weighted by Gasteiger charge is -2.16. The molecule has 0 amide bonds. The molecular weight excluding hydrogens is 224 g/mol. The molecule has 0 bridgehead atoms. The third kappa shape index (κ3) is 1.72. The summed E-state index contributed by atoms with van der Waals surface area (Å²) in [6.45, 7) is 6.47. The van der Waals surface area contributed by atoms with Gasteiger partial charge in [0.25, 0.3) is 0 Å². The van der Waals surface area contributed by atoms with E-state index in [1.54, 1.807) is 0 Å². The van der Waals surface area contributed by atoms with Crippen LogP contribution in [0.3, 0.4) is 0 Å². The van der Waals surface area contributed by atoms with Gasteiger partial charge >= 0.3 is 0 Å². The van der Waals surface area contributed by atoms with Gasteiger partial charge in [-0.1, -0.05) is 32.1 Å². The smallest absolute Gasteiger partial charge is 0.0910 e. The molecule has 4 heteroatoms. The minimum absolute atomic E-state index is 0.00472. The average molecular weight is 242 g/mol. The van der Waals surface area contributed by atoms with Crippen molar-refractivity contribution in [2.45, 2.75) is 44.6 Å². The molecule has 2 heterocycles. The van der Waals surface area contributed by atoms with E-state index < -0.39 is 0 Å². The van der Waals surface area contributed by atoms with Gasteiger partial charge < -0.3 is 0 Å². The molecule has 3 rings (SSSR count). The number of pyridine rings is 1. The van der Waals surface area contributed by atoms with E-state index >= 15 is 0 Å². The van der Waals surface area contributed by atoms with Gasteiger partial charge in [0.15, 0.2) is 0 Å². The third-order valence-electron chi connectivity index (χ3n) is 3.62. The van der Waals surface area contributed by atoms with Gasteiger partial charge in [0.1, 0.15) is 0 Å². The molecule has 0 radical (unpaired) electrons. The Labute approximate surface area is 107 Å². The van der Waals surface area contributed by atoms with Gasteiger partial charge in [-0.3, -0.25) is 4.98 Å². The van der Waals surface area contributed by atoms with Crippen LogP contribution in [0.1, 0.15) is 44.9 Å². The lowest BCUT2D eigenvalue weighted by atomic mass is 9.93. The largest absolute Gasteiger partial charge is 0.264 e. The van der Waals surface area contributed by atoms with E-state index in [0.717, 1.165) is 18.5 Å². The second-order valence-electron chi connectivity index (χ2n) is 6.07. The number of rotatable bonds is 2. The summed E-state index contributed by atoms with van der Waals surface area (Å²) in [6, 6.07) is 4.11. The standard InChI is InChI=1S/C14H18N4/c1-13(2,3)12-10-18(17-16-12)14(6-7-14)11-5-4-8-15-9-11/h4-5,8-10H,6-7H2,1-3H3. The van der Waals surface area contributed by atoms with E-state index in [1.165, 1.54) is 5.56 Å². The Kier molecular flexibility index (Phi) is 2.30. The fourth-order valence-corrected chi connectivity index (χ4v) is 2.22. The summed E-state index contributed by atoms with van der Waals surface area (Å²) in [6.07, 6.45) is 8.06. The van der Waals surface area contributed by atoms with Crippen molar-refractivity contribution in [3.63, 3.8) is 0 Å². The van der Waals surface area contributed by atoms with Crippen LogP contribution in [0.25, 0.3) is 0 Å². The van der Waals surface area contributed by atoms with Crippen LogP contribution in [0.2, 0.25) is 0 Å². The minimum Gasteiger partial charge on any atom is -0.264 e. The van der Waals surface area contributed by atoms with Crippen molar-refractivity contribution in [2.75, 3.05) is 0 Å². The first-order valence-electron chi connectivity index (χ1n) is 6.36. The molecule has 1 saturated carbocycles. The summed E-state index contributed by atoms with van der Waals surface area (Å²) in [4.78, 5) is 4.21. The fourth-order valence-electron chi connectivity index (χ4n) is 2.22. The lowest BCUT2D eigenvalue weighted by Crippen LogP contribution is -2.19. The summed E-state index contributed by atoms with van der Waals surface area (Å²) in [5, 5.41) is 8.64. The number of hydrogen-bond donors (Lipinski definition) is 0. The monoisotopic (exact) mass is 242 g/mol. The maximum atomic E-state index is 4.33. The van der Waals surface area contributed by atoms with Gasteiger partial charge in [-0.25, -0.2) is 4.68 Å². The Morgan fingerprint density at radius 3 is 2.56 bits per heavy atom. The maximum absolute atomic E-state index is 4.33. The number of hydrogen-bond acceptors (Lipinski definition) is 3. The first kappa shape index (κ1) is 11.4. The summed E-state index contributed by atoms with van der Waals surface area (Å²) in [7, 11) is 0. The van der Waals surface area contributed by atoms with Crippen LogP contribution < -0.4 is 0 Å². The van der Waals surface area contributed by atoms with Crippen LogP contribution >= 0.6 is 0 Å². The normalized spacial score (nSPS) is 17.7. The molecule has 2 aromatic rings. The van der Waals surface area contributed by atoms with Crippen molar-refractivity contribution in [1.82, 2.24) is 20.0 Å². The van der Waals surface area contributed by atoms with Gasteiger partial charge in [-0.2, -0.15) is 0 Å². The van der Waals surface area contributed by atoms with Crippen molar-refractivity contribution in [3.05, 3.63) is 42.0 Å². The van der Waals surface area contributed by atoms with Crippen molar-refractivity contribution in [1.29, 1.82) is 0 Å². The molecule has 1 aliphatic rings. The molecule has 18 heavy (non-hydrogen) atoms. The van der Waals surface area contributed by atoms with Gasteiger partial charge in [0.2, 0.25) is 0 Å². The van der Waals surface area contributed by atoms with E-state index in [-0.39, 0.29) is 11.0 Å². The topological polar surface area (TPSA) is 43.6 Å². The van der Waals surface area contributed by atoms with Gasteiger partial charge in [-0.05, 0) is 24.5 Å². The Bertz CT molecular complexity index is 547. The Morgan fingerprint density at radius 2 is 2.06 bits per heavy atom. The van der Waals surface area contributed by atoms with Crippen LogP contribution in [-0.2, 0) is 11.0 Å². The molecule has 1 aliphatic carbocycles. The first-order valence-corrected chi connectivity index (χ1v) is 6.36. The van der Waals surface area contributed by atoms with Crippen molar-refractivity contribution >= 4 is 0 Å². The number of nitrogens with zero attached hydrogens (tertiary/aromatic N) is 4. The highest BCUT2D eigenvalue weighted by Gasteiger charge is 2.48. The molecular formula is C14H18N4. The summed E-state index contributed by atoms with van der Waals surface area (Å²) in [5.41, 5.74) is 2.32. The Morgan fingerprint density at radius 1 is 1.28 bits per heavy atom. The van der Waals surface area contributed by atoms with Crippen molar-refractivity contribution in [2.24, 2.45) is 0 Å². The van der Waals surface area contributed by atoms with E-state index in [1.807, 2.05) is 23.1 Å². The molecule has 0 spiro atoms. The first-order chi connectivity index (χ1) is 8.52. The molecule has 0 N–H and O–H groups in total. The predicted molar refractivity (Wildman–Crippen MR) is 69.3 cm³/mol. The second-order valence-corrected chi connectivity index (χ2v) is 6.07. The van der Waals surface area contributed by atoms with E-state index in [2.05, 4.69) is 48.3 Å². The van der Waals surface area contributed by atoms with Crippen LogP contribution in [0.4, 0.5) is 0 Å². The molecule has 4 nitrogen and oxygen atoms in total. The zero-order chi connectivity index (χ0) is 12.8. The Hall–Kier alpha value is -1.71. The van der Waals surface area contributed by atoms with Crippen LogP contribution in [-0.4, -0.2) is 20.0 Å². The quantitative estimate of drug-likeness (QED) is 0.812. The molecule has 2 aromatic heterocycles. The minimum atomic E-state index is 0.00472. The van der Waals surface area contributed by atoms with Gasteiger partial charge in [-0.15, -0.1) is 5.10 Å².